The lowest BCUT2D eigenvalue weighted by Gasteiger charge is -2.14. The summed E-state index contributed by atoms with van der Waals surface area (Å²) in [5.74, 6) is 0.672. The second-order valence-corrected chi connectivity index (χ2v) is 3.39. The van der Waals surface area contributed by atoms with Gasteiger partial charge in [-0.2, -0.15) is 4.99 Å². The molecule has 1 aliphatic heterocycles. The molecule has 0 bridgehead atoms. The molecule has 0 spiro atoms. The van der Waals surface area contributed by atoms with Crippen molar-refractivity contribution in [3.8, 4) is 11.5 Å². The summed E-state index contributed by atoms with van der Waals surface area (Å²) in [4.78, 5) is 15.1. The normalized spacial score (nSPS) is 18.6. The molecular formula is C11H12N2O4. The number of benzene rings is 1. The second kappa shape index (κ2) is 4.32. The summed E-state index contributed by atoms with van der Waals surface area (Å²) in [6.07, 6.45) is -0.861. The summed E-state index contributed by atoms with van der Waals surface area (Å²) in [5.41, 5.74) is 5.89. The number of amidine groups is 1. The standard InChI is InChI=1S/C11H12N2O4/c1-15-6-3-4-8(16-2)7(5-6)9-10(14)13-11(12)17-9/h3-5,9H,1-2H3,(H2,12,13,14). The van der Waals surface area contributed by atoms with Crippen LogP contribution in [0.5, 0.6) is 11.5 Å². The number of nitrogens with two attached hydrogens (primary N) is 1. The third kappa shape index (κ3) is 2.01. The zero-order valence-electron chi connectivity index (χ0n) is 9.47. The molecule has 1 aromatic rings. The van der Waals surface area contributed by atoms with Crippen molar-refractivity contribution < 1.29 is 19.0 Å². The van der Waals surface area contributed by atoms with E-state index in [2.05, 4.69) is 4.99 Å². The van der Waals surface area contributed by atoms with Gasteiger partial charge in [-0.05, 0) is 18.2 Å². The summed E-state index contributed by atoms with van der Waals surface area (Å²) in [5, 5.41) is 0. The predicted octanol–water partition coefficient (Wildman–Crippen LogP) is 0.616. The molecule has 1 aliphatic rings. The molecule has 1 aromatic carbocycles. The lowest BCUT2D eigenvalue weighted by Crippen LogP contribution is -2.14. The topological polar surface area (TPSA) is 83.1 Å². The molecule has 1 unspecified atom stereocenters. The van der Waals surface area contributed by atoms with Crippen LogP contribution in [-0.2, 0) is 9.53 Å². The van der Waals surface area contributed by atoms with Crippen LogP contribution >= 0.6 is 0 Å². The molecule has 0 saturated heterocycles. The number of nitrogens with zero attached hydrogens (tertiary/aromatic N) is 1. The SMILES string of the molecule is COc1ccc(OC)c(C2OC(N)=NC2=O)c1. The van der Waals surface area contributed by atoms with E-state index in [1.54, 1.807) is 18.2 Å². The molecular weight excluding hydrogens is 224 g/mol. The van der Waals surface area contributed by atoms with E-state index in [-0.39, 0.29) is 6.02 Å². The zero-order chi connectivity index (χ0) is 12.4. The molecule has 1 atom stereocenters. The Bertz CT molecular complexity index is 484. The van der Waals surface area contributed by atoms with Gasteiger partial charge in [-0.1, -0.05) is 0 Å². The lowest BCUT2D eigenvalue weighted by molar-refractivity contribution is -0.122. The molecule has 0 fully saturated rings. The number of ether oxygens (including phenoxy) is 3. The van der Waals surface area contributed by atoms with E-state index < -0.39 is 12.0 Å². The average Bonchev–Trinajstić information content (AvgIpc) is 2.67. The van der Waals surface area contributed by atoms with Gasteiger partial charge in [-0.3, -0.25) is 4.79 Å². The minimum Gasteiger partial charge on any atom is -0.497 e. The largest absolute Gasteiger partial charge is 0.497 e. The van der Waals surface area contributed by atoms with E-state index in [4.69, 9.17) is 19.9 Å². The zero-order valence-corrected chi connectivity index (χ0v) is 9.47. The fourth-order valence-corrected chi connectivity index (χ4v) is 1.61. The molecule has 90 valence electrons. The highest BCUT2D eigenvalue weighted by Gasteiger charge is 2.32. The number of hydrogen-bond donors (Lipinski definition) is 1. The van der Waals surface area contributed by atoms with Gasteiger partial charge in [0.2, 0.25) is 6.10 Å². The van der Waals surface area contributed by atoms with E-state index in [1.807, 2.05) is 0 Å². The van der Waals surface area contributed by atoms with Crippen LogP contribution in [0.2, 0.25) is 0 Å². The van der Waals surface area contributed by atoms with Crippen LogP contribution in [0.3, 0.4) is 0 Å². The number of rotatable bonds is 3. The number of carbonyl (C=O) groups is 1. The number of aliphatic imine (C=N–C) groups is 1. The summed E-state index contributed by atoms with van der Waals surface area (Å²) in [7, 11) is 3.04. The average molecular weight is 236 g/mol. The van der Waals surface area contributed by atoms with Crippen LogP contribution in [0.25, 0.3) is 0 Å². The molecule has 0 radical (unpaired) electrons. The quantitative estimate of drug-likeness (QED) is 0.831. The van der Waals surface area contributed by atoms with Gasteiger partial charge in [-0.25, -0.2) is 0 Å². The van der Waals surface area contributed by atoms with Crippen LogP contribution in [0.15, 0.2) is 23.2 Å². The molecule has 2 N–H and O–H groups in total. The lowest BCUT2D eigenvalue weighted by atomic mass is 10.1. The van der Waals surface area contributed by atoms with Gasteiger partial charge in [0.25, 0.3) is 11.9 Å². The van der Waals surface area contributed by atoms with E-state index in [1.165, 1.54) is 14.2 Å². The van der Waals surface area contributed by atoms with Gasteiger partial charge in [0.15, 0.2) is 0 Å². The van der Waals surface area contributed by atoms with Gasteiger partial charge in [0, 0.05) is 5.56 Å². The van der Waals surface area contributed by atoms with Crippen molar-refractivity contribution in [2.45, 2.75) is 6.10 Å². The Hall–Kier alpha value is -2.24. The van der Waals surface area contributed by atoms with Crippen molar-refractivity contribution >= 4 is 11.9 Å². The van der Waals surface area contributed by atoms with Crippen LogP contribution in [0, 0.1) is 0 Å². The van der Waals surface area contributed by atoms with Crippen molar-refractivity contribution in [1.29, 1.82) is 0 Å². The van der Waals surface area contributed by atoms with Crippen LogP contribution in [0.4, 0.5) is 0 Å². The molecule has 17 heavy (non-hydrogen) atoms. The van der Waals surface area contributed by atoms with Crippen molar-refractivity contribution in [1.82, 2.24) is 0 Å². The molecule has 0 aromatic heterocycles. The first-order valence-electron chi connectivity index (χ1n) is 4.92. The Kier molecular flexibility index (Phi) is 2.86. The molecule has 6 nitrogen and oxygen atoms in total. The maximum Gasteiger partial charge on any atom is 0.296 e. The van der Waals surface area contributed by atoms with Gasteiger partial charge in [0.1, 0.15) is 11.5 Å². The monoisotopic (exact) mass is 236 g/mol. The first kappa shape index (κ1) is 11.3. The van der Waals surface area contributed by atoms with Gasteiger partial charge in [0.05, 0.1) is 14.2 Å². The minimum absolute atomic E-state index is 0.134. The Morgan fingerprint density at radius 1 is 1.35 bits per heavy atom. The Morgan fingerprint density at radius 2 is 2.12 bits per heavy atom. The van der Waals surface area contributed by atoms with Gasteiger partial charge >= 0.3 is 0 Å². The second-order valence-electron chi connectivity index (χ2n) is 3.39. The van der Waals surface area contributed by atoms with Crippen molar-refractivity contribution in [3.63, 3.8) is 0 Å². The first-order valence-corrected chi connectivity index (χ1v) is 4.92. The van der Waals surface area contributed by atoms with Gasteiger partial charge < -0.3 is 19.9 Å². The molecule has 0 aliphatic carbocycles. The van der Waals surface area contributed by atoms with Crippen molar-refractivity contribution in [2.75, 3.05) is 14.2 Å². The molecule has 1 heterocycles. The highest BCUT2D eigenvalue weighted by atomic mass is 16.5. The first-order chi connectivity index (χ1) is 8.15. The Balaban J connectivity index is 2.40. The number of methoxy groups -OCH3 is 2. The fourth-order valence-electron chi connectivity index (χ4n) is 1.61. The van der Waals surface area contributed by atoms with Crippen LogP contribution in [0.1, 0.15) is 11.7 Å². The third-order valence-electron chi connectivity index (χ3n) is 2.40. The number of amides is 1. The fraction of sp³-hybridized carbons (Fsp3) is 0.273. The van der Waals surface area contributed by atoms with E-state index in [0.717, 1.165) is 0 Å². The molecule has 0 saturated carbocycles. The summed E-state index contributed by atoms with van der Waals surface area (Å²) in [6, 6.07) is 4.95. The van der Waals surface area contributed by atoms with Crippen LogP contribution in [-0.4, -0.2) is 26.1 Å². The van der Waals surface area contributed by atoms with Crippen LogP contribution < -0.4 is 15.2 Å². The minimum atomic E-state index is -0.861. The Morgan fingerprint density at radius 3 is 2.65 bits per heavy atom. The highest BCUT2D eigenvalue weighted by Crippen LogP contribution is 2.33. The molecule has 1 amide bonds. The van der Waals surface area contributed by atoms with Gasteiger partial charge in [-0.15, -0.1) is 0 Å². The Labute approximate surface area is 98.0 Å². The summed E-state index contributed by atoms with van der Waals surface area (Å²) < 4.78 is 15.4. The molecule has 6 heteroatoms. The smallest absolute Gasteiger partial charge is 0.296 e. The number of carbonyl (C=O) groups excluding carboxylic acids is 1. The molecule has 2 rings (SSSR count). The third-order valence-corrected chi connectivity index (χ3v) is 2.40. The number of hydrogen-bond acceptors (Lipinski definition) is 5. The highest BCUT2D eigenvalue weighted by molar-refractivity contribution is 5.98. The predicted molar refractivity (Wildman–Crippen MR) is 60.0 cm³/mol. The van der Waals surface area contributed by atoms with E-state index >= 15 is 0 Å². The maximum absolute atomic E-state index is 11.6. The summed E-state index contributed by atoms with van der Waals surface area (Å²) >= 11 is 0. The van der Waals surface area contributed by atoms with Crippen molar-refractivity contribution in [3.05, 3.63) is 23.8 Å². The summed E-state index contributed by atoms with van der Waals surface area (Å²) in [6.45, 7) is 0. The van der Waals surface area contributed by atoms with E-state index in [0.29, 0.717) is 17.1 Å². The van der Waals surface area contributed by atoms with E-state index in [9.17, 15) is 4.79 Å². The maximum atomic E-state index is 11.6. The van der Waals surface area contributed by atoms with Crippen molar-refractivity contribution in [2.24, 2.45) is 10.7 Å².